The van der Waals surface area contributed by atoms with E-state index in [1.807, 2.05) is 18.2 Å². The van der Waals surface area contributed by atoms with E-state index in [1.54, 1.807) is 17.8 Å². The SMILES string of the molecule is O=c1[nH]c(CSCCCO)nc2ccccc12. The first kappa shape index (κ1) is 12.1. The van der Waals surface area contributed by atoms with Crippen LogP contribution in [0, 0.1) is 0 Å². The lowest BCUT2D eigenvalue weighted by Crippen LogP contribution is -2.11. The molecule has 2 N–H and O–H groups in total. The third-order valence-corrected chi connectivity index (χ3v) is 3.40. The average Bonchev–Trinajstić information content (AvgIpc) is 2.35. The fourth-order valence-corrected chi connectivity index (χ4v) is 2.35. The van der Waals surface area contributed by atoms with Crippen molar-refractivity contribution in [3.63, 3.8) is 0 Å². The number of H-pyrrole nitrogens is 1. The lowest BCUT2D eigenvalue weighted by atomic mass is 10.2. The molecular weight excluding hydrogens is 236 g/mol. The quantitative estimate of drug-likeness (QED) is 0.790. The number of aliphatic hydroxyl groups is 1. The number of aromatic nitrogens is 2. The molecule has 17 heavy (non-hydrogen) atoms. The molecule has 2 aromatic rings. The Kier molecular flexibility index (Phi) is 4.17. The summed E-state index contributed by atoms with van der Waals surface area (Å²) in [7, 11) is 0. The second kappa shape index (κ2) is 5.84. The van der Waals surface area contributed by atoms with Gasteiger partial charge in [0.1, 0.15) is 5.82 Å². The van der Waals surface area contributed by atoms with Crippen LogP contribution in [0.3, 0.4) is 0 Å². The fourth-order valence-electron chi connectivity index (χ4n) is 1.54. The van der Waals surface area contributed by atoms with Crippen molar-refractivity contribution in [1.29, 1.82) is 0 Å². The molecule has 0 unspecified atom stereocenters. The van der Waals surface area contributed by atoms with E-state index in [1.165, 1.54) is 0 Å². The smallest absolute Gasteiger partial charge is 0.258 e. The lowest BCUT2D eigenvalue weighted by molar-refractivity contribution is 0.296. The van der Waals surface area contributed by atoms with E-state index < -0.39 is 0 Å². The third-order valence-electron chi connectivity index (χ3n) is 2.35. The molecule has 0 spiro atoms. The molecule has 0 atom stereocenters. The predicted octanol–water partition coefficient (Wildman–Crippen LogP) is 1.54. The summed E-state index contributed by atoms with van der Waals surface area (Å²) in [6.07, 6.45) is 0.766. The number of para-hydroxylation sites is 1. The van der Waals surface area contributed by atoms with E-state index in [9.17, 15) is 4.79 Å². The first-order valence-corrected chi connectivity index (χ1v) is 6.63. The van der Waals surface area contributed by atoms with Crippen molar-refractivity contribution in [2.45, 2.75) is 12.2 Å². The van der Waals surface area contributed by atoms with E-state index >= 15 is 0 Å². The predicted molar refractivity (Wildman–Crippen MR) is 70.2 cm³/mol. The van der Waals surface area contributed by atoms with Gasteiger partial charge in [-0.2, -0.15) is 11.8 Å². The van der Waals surface area contributed by atoms with Gasteiger partial charge in [-0.25, -0.2) is 4.98 Å². The average molecular weight is 250 g/mol. The van der Waals surface area contributed by atoms with Crippen LogP contribution in [-0.4, -0.2) is 27.4 Å². The van der Waals surface area contributed by atoms with E-state index in [0.717, 1.165) is 17.7 Å². The summed E-state index contributed by atoms with van der Waals surface area (Å²) < 4.78 is 0. The first-order valence-electron chi connectivity index (χ1n) is 5.48. The highest BCUT2D eigenvalue weighted by molar-refractivity contribution is 7.98. The topological polar surface area (TPSA) is 66.0 Å². The molecule has 0 aliphatic heterocycles. The van der Waals surface area contributed by atoms with Crippen LogP contribution < -0.4 is 5.56 Å². The highest BCUT2D eigenvalue weighted by Gasteiger charge is 2.02. The molecule has 1 aromatic carbocycles. The summed E-state index contributed by atoms with van der Waals surface area (Å²) in [5, 5.41) is 9.28. The molecule has 1 heterocycles. The Balaban J connectivity index is 2.16. The Morgan fingerprint density at radius 2 is 2.18 bits per heavy atom. The van der Waals surface area contributed by atoms with Gasteiger partial charge >= 0.3 is 0 Å². The number of nitrogens with one attached hydrogen (secondary N) is 1. The Labute approximate surface area is 103 Å². The molecule has 0 saturated heterocycles. The Bertz CT molecular complexity index is 553. The molecule has 1 aromatic heterocycles. The van der Waals surface area contributed by atoms with Crippen molar-refractivity contribution >= 4 is 22.7 Å². The van der Waals surface area contributed by atoms with Crippen LogP contribution in [0.5, 0.6) is 0 Å². The summed E-state index contributed by atoms with van der Waals surface area (Å²) in [4.78, 5) is 18.9. The fraction of sp³-hybridized carbons (Fsp3) is 0.333. The molecule has 2 rings (SSSR count). The van der Waals surface area contributed by atoms with Crippen LogP contribution in [-0.2, 0) is 5.75 Å². The summed E-state index contributed by atoms with van der Waals surface area (Å²) >= 11 is 1.66. The van der Waals surface area contributed by atoms with E-state index in [-0.39, 0.29) is 12.2 Å². The van der Waals surface area contributed by atoms with Crippen molar-refractivity contribution in [1.82, 2.24) is 9.97 Å². The molecule has 4 nitrogen and oxygen atoms in total. The maximum Gasteiger partial charge on any atom is 0.258 e. The minimum absolute atomic E-state index is 0.0895. The first-order chi connectivity index (χ1) is 8.31. The standard InChI is InChI=1S/C12H14N2O2S/c15-6-3-7-17-8-11-13-10-5-2-1-4-9(10)12(16)14-11/h1-2,4-5,15H,3,6-8H2,(H,13,14,16). The van der Waals surface area contributed by atoms with Gasteiger partial charge in [0.15, 0.2) is 0 Å². The van der Waals surface area contributed by atoms with E-state index in [4.69, 9.17) is 5.11 Å². The van der Waals surface area contributed by atoms with Gasteiger partial charge in [0.2, 0.25) is 0 Å². The van der Waals surface area contributed by atoms with Gasteiger partial charge in [-0.1, -0.05) is 12.1 Å². The molecule has 0 radical (unpaired) electrons. The number of aliphatic hydroxyl groups excluding tert-OH is 1. The Hall–Kier alpha value is -1.33. The highest BCUT2D eigenvalue weighted by atomic mass is 32.2. The van der Waals surface area contributed by atoms with Crippen molar-refractivity contribution in [2.24, 2.45) is 0 Å². The molecule has 90 valence electrons. The number of hydrogen-bond acceptors (Lipinski definition) is 4. The second-order valence-corrected chi connectivity index (χ2v) is 4.76. The number of fused-ring (bicyclic) bond motifs is 1. The molecule has 0 fully saturated rings. The number of thioether (sulfide) groups is 1. The zero-order valence-electron chi connectivity index (χ0n) is 9.35. The van der Waals surface area contributed by atoms with Gasteiger partial charge in [-0.15, -0.1) is 0 Å². The molecule has 0 bridgehead atoms. The minimum Gasteiger partial charge on any atom is -0.396 e. The molecular formula is C12H14N2O2S. The molecule has 0 aliphatic carbocycles. The van der Waals surface area contributed by atoms with Gasteiger partial charge in [0, 0.05) is 6.61 Å². The van der Waals surface area contributed by atoms with Crippen molar-refractivity contribution in [2.75, 3.05) is 12.4 Å². The number of aromatic amines is 1. The maximum atomic E-state index is 11.7. The summed E-state index contributed by atoms with van der Waals surface area (Å²) in [6, 6.07) is 7.31. The molecule has 0 amide bonds. The Morgan fingerprint density at radius 3 is 3.00 bits per heavy atom. The van der Waals surface area contributed by atoms with Gasteiger partial charge in [-0.05, 0) is 24.3 Å². The van der Waals surface area contributed by atoms with Crippen LogP contribution in [0.15, 0.2) is 29.1 Å². The number of benzene rings is 1. The lowest BCUT2D eigenvalue weighted by Gasteiger charge is -2.02. The largest absolute Gasteiger partial charge is 0.396 e. The van der Waals surface area contributed by atoms with Crippen LogP contribution in [0.25, 0.3) is 10.9 Å². The van der Waals surface area contributed by atoms with Crippen LogP contribution in [0.4, 0.5) is 0 Å². The second-order valence-electron chi connectivity index (χ2n) is 3.66. The van der Waals surface area contributed by atoms with Gasteiger partial charge in [0.25, 0.3) is 5.56 Å². The van der Waals surface area contributed by atoms with E-state index in [0.29, 0.717) is 17.0 Å². The minimum atomic E-state index is -0.0895. The van der Waals surface area contributed by atoms with Crippen molar-refractivity contribution in [3.8, 4) is 0 Å². The molecule has 5 heteroatoms. The number of hydrogen-bond donors (Lipinski definition) is 2. The zero-order chi connectivity index (χ0) is 12.1. The van der Waals surface area contributed by atoms with Crippen molar-refractivity contribution in [3.05, 3.63) is 40.4 Å². The van der Waals surface area contributed by atoms with Crippen LogP contribution in [0.1, 0.15) is 12.2 Å². The van der Waals surface area contributed by atoms with E-state index in [2.05, 4.69) is 9.97 Å². The zero-order valence-corrected chi connectivity index (χ0v) is 10.2. The summed E-state index contributed by atoms with van der Waals surface area (Å²) in [6.45, 7) is 0.203. The molecule has 0 aliphatic rings. The summed E-state index contributed by atoms with van der Waals surface area (Å²) in [5.41, 5.74) is 0.641. The van der Waals surface area contributed by atoms with Crippen LogP contribution in [0.2, 0.25) is 0 Å². The van der Waals surface area contributed by atoms with Crippen molar-refractivity contribution < 1.29 is 5.11 Å². The van der Waals surface area contributed by atoms with Crippen LogP contribution >= 0.6 is 11.8 Å². The Morgan fingerprint density at radius 1 is 1.35 bits per heavy atom. The van der Waals surface area contributed by atoms with Gasteiger partial charge in [0.05, 0.1) is 16.7 Å². The number of nitrogens with zero attached hydrogens (tertiary/aromatic N) is 1. The highest BCUT2D eigenvalue weighted by Crippen LogP contribution is 2.11. The monoisotopic (exact) mass is 250 g/mol. The third kappa shape index (κ3) is 3.08. The van der Waals surface area contributed by atoms with Gasteiger partial charge in [-0.3, -0.25) is 4.79 Å². The molecule has 0 saturated carbocycles. The number of rotatable bonds is 5. The summed E-state index contributed by atoms with van der Waals surface area (Å²) in [5.74, 6) is 2.23. The normalized spacial score (nSPS) is 10.9. The maximum absolute atomic E-state index is 11.7. The van der Waals surface area contributed by atoms with Gasteiger partial charge < -0.3 is 10.1 Å².